The van der Waals surface area contributed by atoms with Gasteiger partial charge in [-0.1, -0.05) is 0 Å². The lowest BCUT2D eigenvalue weighted by atomic mass is 9.95. The summed E-state index contributed by atoms with van der Waals surface area (Å²) in [5, 5.41) is 18.5. The van der Waals surface area contributed by atoms with Crippen molar-refractivity contribution in [3.05, 3.63) is 51.1 Å². The van der Waals surface area contributed by atoms with Crippen LogP contribution in [0.1, 0.15) is 16.7 Å². The number of halogens is 1. The van der Waals surface area contributed by atoms with Crippen LogP contribution in [0.2, 0.25) is 0 Å². The summed E-state index contributed by atoms with van der Waals surface area (Å²) in [5.74, 6) is -0.670. The van der Waals surface area contributed by atoms with Crippen molar-refractivity contribution in [1.82, 2.24) is 9.88 Å². The fourth-order valence-electron chi connectivity index (χ4n) is 2.38. The molecule has 0 unspecified atom stereocenters. The summed E-state index contributed by atoms with van der Waals surface area (Å²) in [4.78, 5) is 16.0. The van der Waals surface area contributed by atoms with E-state index >= 15 is 0 Å². The average molecular weight is 311 g/mol. The fourth-order valence-corrected chi connectivity index (χ4v) is 2.38. The van der Waals surface area contributed by atoms with Crippen LogP contribution in [0, 0.1) is 28.5 Å². The van der Waals surface area contributed by atoms with Crippen molar-refractivity contribution in [2.24, 2.45) is 0 Å². The number of nitriles is 2. The molecule has 1 aromatic carbocycles. The third-order valence-electron chi connectivity index (χ3n) is 3.21. The molecular weight excluding hydrogens is 297 g/mol. The number of H-pyrrole nitrogens is 1. The minimum absolute atomic E-state index is 0.0516. The van der Waals surface area contributed by atoms with Gasteiger partial charge in [0.15, 0.2) is 0 Å². The number of benzene rings is 1. The van der Waals surface area contributed by atoms with Crippen LogP contribution < -0.4 is 11.3 Å². The van der Waals surface area contributed by atoms with Gasteiger partial charge < -0.3 is 15.6 Å². The second-order valence-corrected chi connectivity index (χ2v) is 5.30. The zero-order valence-electron chi connectivity index (χ0n) is 12.6. The lowest BCUT2D eigenvalue weighted by molar-refractivity contribution is 0.401. The number of hydrogen-bond acceptors (Lipinski definition) is 5. The Morgan fingerprint density at radius 2 is 1.87 bits per heavy atom. The molecule has 0 radical (unpaired) electrons. The first-order chi connectivity index (χ1) is 10.9. The number of nitrogens with zero attached hydrogens (tertiary/aromatic N) is 3. The van der Waals surface area contributed by atoms with E-state index in [1.165, 1.54) is 12.1 Å². The highest BCUT2D eigenvalue weighted by Gasteiger charge is 2.19. The van der Waals surface area contributed by atoms with Crippen molar-refractivity contribution in [2.75, 3.05) is 19.8 Å². The molecule has 0 aliphatic heterocycles. The molecule has 23 heavy (non-hydrogen) atoms. The molecule has 6 nitrogen and oxygen atoms in total. The summed E-state index contributed by atoms with van der Waals surface area (Å²) in [6, 6.07) is 7.80. The summed E-state index contributed by atoms with van der Waals surface area (Å²) >= 11 is 0. The van der Waals surface area contributed by atoms with Crippen molar-refractivity contribution >= 4 is 5.82 Å². The van der Waals surface area contributed by atoms with E-state index in [0.717, 1.165) is 0 Å². The Kier molecular flexibility index (Phi) is 4.44. The predicted molar refractivity (Wildman–Crippen MR) is 83.7 cm³/mol. The number of nitrogen functional groups attached to an aromatic ring is 1. The van der Waals surface area contributed by atoms with Crippen molar-refractivity contribution < 1.29 is 4.39 Å². The van der Waals surface area contributed by atoms with Crippen LogP contribution in [-0.2, 0) is 6.54 Å². The molecule has 0 saturated heterocycles. The van der Waals surface area contributed by atoms with Gasteiger partial charge >= 0.3 is 0 Å². The molecule has 1 aromatic heterocycles. The molecule has 0 spiro atoms. The van der Waals surface area contributed by atoms with E-state index in [9.17, 15) is 19.7 Å². The van der Waals surface area contributed by atoms with Crippen molar-refractivity contribution in [3.63, 3.8) is 0 Å². The lowest BCUT2D eigenvalue weighted by Crippen LogP contribution is -2.16. The summed E-state index contributed by atoms with van der Waals surface area (Å²) in [6.07, 6.45) is 0. The number of rotatable bonds is 3. The largest absolute Gasteiger partial charge is 0.384 e. The number of anilines is 1. The zero-order chi connectivity index (χ0) is 17.1. The third kappa shape index (κ3) is 3.20. The molecule has 0 aliphatic rings. The molecule has 116 valence electrons. The third-order valence-corrected chi connectivity index (χ3v) is 3.21. The number of aromatic amines is 1. The Hall–Kier alpha value is -3.16. The first-order valence-corrected chi connectivity index (χ1v) is 6.68. The number of nitrogens with one attached hydrogen (secondary N) is 1. The van der Waals surface area contributed by atoms with Crippen molar-refractivity contribution in [2.45, 2.75) is 6.54 Å². The maximum atomic E-state index is 13.9. The molecular formula is C16H14FN5O. The zero-order valence-corrected chi connectivity index (χ0v) is 12.6. The molecule has 0 aliphatic carbocycles. The lowest BCUT2D eigenvalue weighted by Gasteiger charge is -2.13. The Labute approximate surface area is 132 Å². The SMILES string of the molecule is CN(C)Cc1cc(F)cc(-c2c(C#N)c(N)[nH]c(=O)c2C#N)c1. The molecule has 0 saturated carbocycles. The van der Waals surface area contributed by atoms with Gasteiger partial charge in [0.25, 0.3) is 5.56 Å². The Bertz CT molecular complexity index is 902. The van der Waals surface area contributed by atoms with Gasteiger partial charge in [-0.3, -0.25) is 4.79 Å². The van der Waals surface area contributed by atoms with E-state index in [1.54, 1.807) is 12.1 Å². The molecule has 0 amide bonds. The van der Waals surface area contributed by atoms with Crippen molar-refractivity contribution in [1.29, 1.82) is 10.5 Å². The van der Waals surface area contributed by atoms with Crippen LogP contribution in [0.25, 0.3) is 11.1 Å². The Morgan fingerprint density at radius 1 is 1.22 bits per heavy atom. The van der Waals surface area contributed by atoms with E-state index in [0.29, 0.717) is 12.1 Å². The molecule has 2 aromatic rings. The first kappa shape index (κ1) is 16.2. The van der Waals surface area contributed by atoms with E-state index in [2.05, 4.69) is 4.98 Å². The predicted octanol–water partition coefficient (Wildman–Crippen LogP) is 1.57. The maximum absolute atomic E-state index is 13.9. The summed E-state index contributed by atoms with van der Waals surface area (Å²) < 4.78 is 13.9. The Morgan fingerprint density at radius 3 is 2.43 bits per heavy atom. The summed E-state index contributed by atoms with van der Waals surface area (Å²) in [7, 11) is 3.66. The van der Waals surface area contributed by atoms with Gasteiger partial charge in [-0.2, -0.15) is 10.5 Å². The molecule has 2 rings (SSSR count). The van der Waals surface area contributed by atoms with E-state index < -0.39 is 11.4 Å². The van der Waals surface area contributed by atoms with Gasteiger partial charge in [0, 0.05) is 12.1 Å². The molecule has 3 N–H and O–H groups in total. The molecule has 0 fully saturated rings. The first-order valence-electron chi connectivity index (χ1n) is 6.68. The van der Waals surface area contributed by atoms with Gasteiger partial charge in [-0.25, -0.2) is 4.39 Å². The fraction of sp³-hybridized carbons (Fsp3) is 0.188. The van der Waals surface area contributed by atoms with Crippen LogP contribution in [0.5, 0.6) is 0 Å². The van der Waals surface area contributed by atoms with Crippen LogP contribution in [0.3, 0.4) is 0 Å². The molecule has 0 bridgehead atoms. The normalized spacial score (nSPS) is 10.3. The minimum Gasteiger partial charge on any atom is -0.384 e. The van der Waals surface area contributed by atoms with Gasteiger partial charge in [0.05, 0.1) is 0 Å². The van der Waals surface area contributed by atoms with Gasteiger partial charge in [0.2, 0.25) is 0 Å². The number of hydrogen-bond donors (Lipinski definition) is 2. The highest BCUT2D eigenvalue weighted by Crippen LogP contribution is 2.29. The van der Waals surface area contributed by atoms with Crippen molar-refractivity contribution in [3.8, 4) is 23.3 Å². The second kappa shape index (κ2) is 6.30. The van der Waals surface area contributed by atoms with Crippen LogP contribution in [-0.4, -0.2) is 24.0 Å². The summed E-state index contributed by atoms with van der Waals surface area (Å²) in [6.45, 7) is 0.465. The molecule has 1 heterocycles. The standard InChI is InChI=1S/C16H14FN5O/c1-22(2)8-9-3-10(5-11(17)4-9)14-12(6-18)15(20)21-16(23)13(14)7-19/h3-5H,8H2,1-2H3,(H3,20,21,23). The highest BCUT2D eigenvalue weighted by molar-refractivity contribution is 5.80. The molecule has 0 atom stereocenters. The second-order valence-electron chi connectivity index (χ2n) is 5.30. The van der Waals surface area contributed by atoms with E-state index in [-0.39, 0.29) is 28.1 Å². The Balaban J connectivity index is 2.82. The highest BCUT2D eigenvalue weighted by atomic mass is 19.1. The monoisotopic (exact) mass is 311 g/mol. The van der Waals surface area contributed by atoms with Gasteiger partial charge in [-0.05, 0) is 43.4 Å². The number of nitrogens with two attached hydrogens (primary N) is 1. The summed E-state index contributed by atoms with van der Waals surface area (Å²) in [5.41, 5.74) is 5.60. The van der Waals surface area contributed by atoms with Crippen LogP contribution in [0.15, 0.2) is 23.0 Å². The van der Waals surface area contributed by atoms with Gasteiger partial charge in [0.1, 0.15) is 34.9 Å². The minimum atomic E-state index is -0.711. The average Bonchev–Trinajstić information content (AvgIpc) is 2.45. The van der Waals surface area contributed by atoms with E-state index in [4.69, 9.17) is 5.73 Å². The number of pyridine rings is 1. The molecule has 7 heteroatoms. The topological polar surface area (TPSA) is 110 Å². The van der Waals surface area contributed by atoms with E-state index in [1.807, 2.05) is 25.1 Å². The van der Waals surface area contributed by atoms with Crippen LogP contribution >= 0.6 is 0 Å². The maximum Gasteiger partial charge on any atom is 0.268 e. The van der Waals surface area contributed by atoms with Gasteiger partial charge in [-0.15, -0.1) is 0 Å². The number of aromatic nitrogens is 1. The smallest absolute Gasteiger partial charge is 0.268 e. The quantitative estimate of drug-likeness (QED) is 0.894. The van der Waals surface area contributed by atoms with Crippen LogP contribution in [0.4, 0.5) is 10.2 Å².